The summed E-state index contributed by atoms with van der Waals surface area (Å²) < 4.78 is 5.03. The Morgan fingerprint density at radius 1 is 0.656 bits per heavy atom. The van der Waals surface area contributed by atoms with Gasteiger partial charge < -0.3 is 0 Å². The Morgan fingerprint density at radius 3 is 1.44 bits per heavy atom. The van der Waals surface area contributed by atoms with Crippen LogP contribution in [0.15, 0.2) is 91.0 Å². The van der Waals surface area contributed by atoms with Gasteiger partial charge >= 0.3 is 201 Å². The van der Waals surface area contributed by atoms with Gasteiger partial charge in [-0.05, 0) is 0 Å². The van der Waals surface area contributed by atoms with E-state index >= 15 is 0 Å². The maximum absolute atomic E-state index is 10.9. The van der Waals surface area contributed by atoms with Crippen molar-refractivity contribution in [3.63, 3.8) is 0 Å². The molecule has 0 aliphatic rings. The number of ether oxygens (including phenoxy) is 1. The SMILES string of the molecule is CC(=O)OCCCCCCCCP(Br)(c1ccccc1)(c1ccccc1)c1ccccc1. The minimum atomic E-state index is -2.78. The van der Waals surface area contributed by atoms with Gasteiger partial charge in [-0.2, -0.15) is 0 Å². The van der Waals surface area contributed by atoms with Crippen LogP contribution in [0.25, 0.3) is 0 Å². The van der Waals surface area contributed by atoms with E-state index in [1.165, 1.54) is 42.1 Å². The first-order valence-electron chi connectivity index (χ1n) is 11.6. The number of hydrogen-bond acceptors (Lipinski definition) is 2. The van der Waals surface area contributed by atoms with Gasteiger partial charge in [-0.1, -0.05) is 0 Å². The normalized spacial score (nSPS) is 12.6. The molecule has 3 rings (SSSR count). The third-order valence-corrected chi connectivity index (χ3v) is 16.2. The van der Waals surface area contributed by atoms with E-state index in [2.05, 4.69) is 106 Å². The summed E-state index contributed by atoms with van der Waals surface area (Å²) in [5, 5.41) is 1.38. The van der Waals surface area contributed by atoms with Crippen molar-refractivity contribution in [2.75, 3.05) is 12.8 Å². The van der Waals surface area contributed by atoms with Crippen molar-refractivity contribution < 1.29 is 9.53 Å². The molecular formula is C28H34BrO2P. The van der Waals surface area contributed by atoms with Crippen LogP contribution >= 0.6 is 20.8 Å². The van der Waals surface area contributed by atoms with Crippen molar-refractivity contribution in [2.45, 2.75) is 45.4 Å². The molecule has 0 amide bonds. The van der Waals surface area contributed by atoms with Gasteiger partial charge in [-0.25, -0.2) is 0 Å². The minimum absolute atomic E-state index is 0.184. The molecule has 0 heterocycles. The second-order valence-corrected chi connectivity index (χ2v) is 17.4. The van der Waals surface area contributed by atoms with Gasteiger partial charge in [0.2, 0.25) is 0 Å². The molecule has 0 bridgehead atoms. The van der Waals surface area contributed by atoms with E-state index < -0.39 is 5.31 Å². The van der Waals surface area contributed by atoms with E-state index in [-0.39, 0.29) is 5.97 Å². The molecule has 2 nitrogen and oxygen atoms in total. The molecule has 3 aromatic rings. The molecule has 170 valence electrons. The van der Waals surface area contributed by atoms with Gasteiger partial charge in [0.25, 0.3) is 0 Å². The predicted octanol–water partition coefficient (Wildman–Crippen LogP) is 6.73. The fourth-order valence-electron chi connectivity index (χ4n) is 4.48. The molecule has 0 radical (unpaired) electrons. The average molecular weight is 513 g/mol. The molecule has 0 spiro atoms. The number of carbonyl (C=O) groups is 1. The Morgan fingerprint density at radius 2 is 1.03 bits per heavy atom. The summed E-state index contributed by atoms with van der Waals surface area (Å²) in [6, 6.07) is 33.0. The molecule has 0 aliphatic heterocycles. The van der Waals surface area contributed by atoms with Crippen molar-refractivity contribution in [2.24, 2.45) is 0 Å². The molecule has 32 heavy (non-hydrogen) atoms. The summed E-state index contributed by atoms with van der Waals surface area (Å²) in [6.45, 7) is 2.02. The van der Waals surface area contributed by atoms with E-state index in [0.717, 1.165) is 25.4 Å². The first kappa shape index (κ1) is 24.7. The Labute approximate surface area is 201 Å². The van der Waals surface area contributed by atoms with Crippen LogP contribution in [-0.2, 0) is 9.53 Å². The number of unbranched alkanes of at least 4 members (excludes halogenated alkanes) is 5. The number of halogens is 1. The molecular weight excluding hydrogens is 479 g/mol. The maximum atomic E-state index is 10.9. The molecule has 0 unspecified atom stereocenters. The molecule has 4 heteroatoms. The summed E-state index contributed by atoms with van der Waals surface area (Å²) in [5.41, 5.74) is 0. The van der Waals surface area contributed by atoms with Gasteiger partial charge in [0.05, 0.1) is 0 Å². The second kappa shape index (κ2) is 11.8. The zero-order valence-electron chi connectivity index (χ0n) is 19.0. The van der Waals surface area contributed by atoms with Crippen LogP contribution in [0.3, 0.4) is 0 Å². The van der Waals surface area contributed by atoms with E-state index in [1.54, 1.807) is 0 Å². The summed E-state index contributed by atoms with van der Waals surface area (Å²) in [5.74, 6) is -0.184. The van der Waals surface area contributed by atoms with E-state index in [4.69, 9.17) is 4.74 Å². The number of benzene rings is 3. The van der Waals surface area contributed by atoms with Crippen LogP contribution in [0.4, 0.5) is 0 Å². The number of esters is 1. The first-order chi connectivity index (χ1) is 15.6. The fourth-order valence-corrected chi connectivity index (χ4v) is 12.2. The molecule has 0 aromatic heterocycles. The van der Waals surface area contributed by atoms with Gasteiger partial charge in [0, 0.05) is 0 Å². The molecule has 0 saturated heterocycles. The zero-order valence-corrected chi connectivity index (χ0v) is 21.4. The third-order valence-electron chi connectivity index (χ3n) is 6.16. The second-order valence-electron chi connectivity index (χ2n) is 8.37. The third kappa shape index (κ3) is 5.69. The topological polar surface area (TPSA) is 26.3 Å². The van der Waals surface area contributed by atoms with Crippen LogP contribution in [0.5, 0.6) is 0 Å². The van der Waals surface area contributed by atoms with Crippen molar-refractivity contribution in [3.8, 4) is 0 Å². The average Bonchev–Trinajstić information content (AvgIpc) is 2.84. The van der Waals surface area contributed by atoms with Crippen LogP contribution in [-0.4, -0.2) is 18.7 Å². The molecule has 3 aromatic carbocycles. The van der Waals surface area contributed by atoms with E-state index in [1.807, 2.05) is 0 Å². The molecule has 0 aliphatic carbocycles. The zero-order chi connectivity index (χ0) is 22.7. The van der Waals surface area contributed by atoms with Crippen molar-refractivity contribution in [3.05, 3.63) is 91.0 Å². The van der Waals surface area contributed by atoms with Crippen molar-refractivity contribution in [1.82, 2.24) is 0 Å². The quantitative estimate of drug-likeness (QED) is 0.153. The van der Waals surface area contributed by atoms with Crippen LogP contribution in [0.1, 0.15) is 45.4 Å². The van der Waals surface area contributed by atoms with Crippen molar-refractivity contribution in [1.29, 1.82) is 0 Å². The number of rotatable bonds is 12. The Kier molecular flexibility index (Phi) is 9.08. The number of hydrogen-bond donors (Lipinski definition) is 0. The Balaban J connectivity index is 1.80. The standard InChI is InChI=1S/C28H34BrO2P/c1-25(30)31-23-15-4-2-3-5-16-24-32(29,26-17-9-6-10-18-26,27-19-11-7-12-20-27)28-21-13-8-14-22-28/h6-14,17-22H,2-5,15-16,23-24H2,1H3. The van der Waals surface area contributed by atoms with Crippen LogP contribution in [0, 0.1) is 0 Å². The summed E-state index contributed by atoms with van der Waals surface area (Å²) >= 11 is 4.52. The molecule has 0 N–H and O–H groups in total. The Hall–Kier alpha value is -1.96. The first-order valence-corrected chi connectivity index (χ1v) is 16.0. The van der Waals surface area contributed by atoms with Crippen LogP contribution < -0.4 is 15.9 Å². The van der Waals surface area contributed by atoms with Gasteiger partial charge in [0.15, 0.2) is 0 Å². The molecule has 0 fully saturated rings. The van der Waals surface area contributed by atoms with Crippen LogP contribution in [0.2, 0.25) is 0 Å². The summed E-state index contributed by atoms with van der Waals surface area (Å²) in [6.07, 6.45) is 7.91. The molecule has 0 saturated carbocycles. The predicted molar refractivity (Wildman–Crippen MR) is 143 cm³/mol. The Bertz CT molecular complexity index is 861. The summed E-state index contributed by atoms with van der Waals surface area (Å²) in [4.78, 5) is 10.9. The fraction of sp³-hybridized carbons (Fsp3) is 0.321. The van der Waals surface area contributed by atoms with Gasteiger partial charge in [-0.3, -0.25) is 0 Å². The van der Waals surface area contributed by atoms with Gasteiger partial charge in [-0.15, -0.1) is 0 Å². The molecule has 0 atom stereocenters. The summed E-state index contributed by atoms with van der Waals surface area (Å²) in [7, 11) is 0. The van der Waals surface area contributed by atoms with E-state index in [9.17, 15) is 4.79 Å². The number of carbonyl (C=O) groups excluding carboxylic acids is 1. The van der Waals surface area contributed by atoms with Gasteiger partial charge in [0.1, 0.15) is 0 Å². The van der Waals surface area contributed by atoms with Crippen molar-refractivity contribution >= 4 is 42.7 Å². The van der Waals surface area contributed by atoms with E-state index in [0.29, 0.717) is 6.61 Å². The monoisotopic (exact) mass is 512 g/mol.